The minimum Gasteiger partial charge on any atom is -0.0651 e. The number of hydrogen-bond donors (Lipinski definition) is 0. The first kappa shape index (κ1) is 20.3. The zero-order chi connectivity index (χ0) is 20.1. The molecule has 2 aromatic rings. The van der Waals surface area contributed by atoms with Crippen molar-refractivity contribution in [3.63, 3.8) is 0 Å². The van der Waals surface area contributed by atoms with E-state index in [1.807, 2.05) is 0 Å². The number of fused-ring (bicyclic) bond motifs is 1. The van der Waals surface area contributed by atoms with Crippen LogP contribution in [0.15, 0.2) is 48.5 Å². The third-order valence-corrected chi connectivity index (χ3v) is 7.52. The Morgan fingerprint density at radius 2 is 1.34 bits per heavy atom. The molecule has 0 heteroatoms. The van der Waals surface area contributed by atoms with E-state index in [-0.39, 0.29) is 0 Å². The fourth-order valence-electron chi connectivity index (χ4n) is 5.69. The number of hydrogen-bond acceptors (Lipinski definition) is 0. The second kappa shape index (κ2) is 9.67. The molecule has 152 valence electrons. The third kappa shape index (κ3) is 5.14. The van der Waals surface area contributed by atoms with E-state index in [4.69, 9.17) is 0 Å². The summed E-state index contributed by atoms with van der Waals surface area (Å²) >= 11 is 0. The molecule has 4 rings (SSSR count). The van der Waals surface area contributed by atoms with E-state index in [0.29, 0.717) is 0 Å². The fraction of sp³-hybridized carbons (Fsp3) is 0.517. The fourth-order valence-corrected chi connectivity index (χ4v) is 5.69. The first-order chi connectivity index (χ1) is 14.2. The van der Waals surface area contributed by atoms with E-state index in [0.717, 1.165) is 41.2 Å². The standard InChI is InChI=1S/C29H36/c1-3-5-23-6-8-24(9-7-23)10-11-25-13-15-26(16-14-25)28-19-18-27-20-22(4-2)12-17-29(27)21-28/h6-9,13-16,22,27-29H,3-5,12,17-21H2,1-2H3. The van der Waals surface area contributed by atoms with Gasteiger partial charge >= 0.3 is 0 Å². The molecular formula is C29H36. The van der Waals surface area contributed by atoms with Gasteiger partial charge in [-0.3, -0.25) is 0 Å². The zero-order valence-corrected chi connectivity index (χ0v) is 18.3. The van der Waals surface area contributed by atoms with Gasteiger partial charge in [0.2, 0.25) is 0 Å². The van der Waals surface area contributed by atoms with E-state index < -0.39 is 0 Å². The van der Waals surface area contributed by atoms with Crippen LogP contribution in [-0.2, 0) is 6.42 Å². The maximum Gasteiger partial charge on any atom is 0.0249 e. The largest absolute Gasteiger partial charge is 0.0651 e. The van der Waals surface area contributed by atoms with E-state index in [2.05, 4.69) is 74.2 Å². The highest BCUT2D eigenvalue weighted by atomic mass is 14.4. The van der Waals surface area contributed by atoms with Gasteiger partial charge < -0.3 is 0 Å². The van der Waals surface area contributed by atoms with Gasteiger partial charge in [0, 0.05) is 11.1 Å². The summed E-state index contributed by atoms with van der Waals surface area (Å²) in [6.07, 6.45) is 12.4. The van der Waals surface area contributed by atoms with Crippen molar-refractivity contribution >= 4 is 0 Å². The molecule has 2 fully saturated rings. The predicted molar refractivity (Wildman–Crippen MR) is 124 cm³/mol. The Balaban J connectivity index is 1.36. The topological polar surface area (TPSA) is 0 Å². The van der Waals surface area contributed by atoms with E-state index in [9.17, 15) is 0 Å². The molecule has 0 spiro atoms. The van der Waals surface area contributed by atoms with Gasteiger partial charge in [0.15, 0.2) is 0 Å². The van der Waals surface area contributed by atoms with Crippen LogP contribution in [-0.4, -0.2) is 0 Å². The Morgan fingerprint density at radius 1 is 0.724 bits per heavy atom. The minimum atomic E-state index is 0.766. The highest BCUT2D eigenvalue weighted by molar-refractivity contribution is 5.44. The van der Waals surface area contributed by atoms with Crippen LogP contribution < -0.4 is 0 Å². The van der Waals surface area contributed by atoms with E-state index in [1.165, 1.54) is 62.5 Å². The molecule has 0 N–H and O–H groups in total. The minimum absolute atomic E-state index is 0.766. The van der Waals surface area contributed by atoms with Gasteiger partial charge in [0.1, 0.15) is 0 Å². The van der Waals surface area contributed by atoms with Crippen LogP contribution in [0.25, 0.3) is 0 Å². The molecule has 0 amide bonds. The SMILES string of the molecule is CCCc1ccc(C#Cc2ccc(C3CCC4CC(CC)CCC4C3)cc2)cc1. The van der Waals surface area contributed by atoms with Crippen molar-refractivity contribution in [1.29, 1.82) is 0 Å². The summed E-state index contributed by atoms with van der Waals surface area (Å²) in [6, 6.07) is 17.9. The zero-order valence-electron chi connectivity index (χ0n) is 18.3. The maximum absolute atomic E-state index is 3.35. The van der Waals surface area contributed by atoms with Crippen LogP contribution in [0.1, 0.15) is 93.4 Å². The molecule has 0 nitrogen and oxygen atoms in total. The van der Waals surface area contributed by atoms with Crippen LogP contribution in [0.3, 0.4) is 0 Å². The molecule has 0 radical (unpaired) electrons. The highest BCUT2D eigenvalue weighted by Crippen LogP contribution is 2.48. The quantitative estimate of drug-likeness (QED) is 0.473. The summed E-state index contributed by atoms with van der Waals surface area (Å²) in [7, 11) is 0. The lowest BCUT2D eigenvalue weighted by atomic mass is 9.63. The van der Waals surface area contributed by atoms with Gasteiger partial charge in [0.05, 0.1) is 0 Å². The number of aryl methyl sites for hydroxylation is 1. The summed E-state index contributed by atoms with van der Waals surface area (Å²) in [5.41, 5.74) is 5.18. The number of benzene rings is 2. The second-order valence-electron chi connectivity index (χ2n) is 9.44. The molecule has 29 heavy (non-hydrogen) atoms. The van der Waals surface area contributed by atoms with Crippen molar-refractivity contribution in [3.05, 3.63) is 70.8 Å². The van der Waals surface area contributed by atoms with Crippen molar-refractivity contribution in [3.8, 4) is 11.8 Å². The second-order valence-corrected chi connectivity index (χ2v) is 9.44. The molecule has 4 unspecified atom stereocenters. The molecule has 2 aliphatic rings. The molecule has 0 bridgehead atoms. The van der Waals surface area contributed by atoms with Gasteiger partial charge in [-0.25, -0.2) is 0 Å². The van der Waals surface area contributed by atoms with Gasteiger partial charge in [0.25, 0.3) is 0 Å². The Bertz CT molecular complexity index is 830. The van der Waals surface area contributed by atoms with Crippen LogP contribution in [0, 0.1) is 29.6 Å². The van der Waals surface area contributed by atoms with Crippen LogP contribution >= 0.6 is 0 Å². The Labute approximate surface area is 178 Å². The van der Waals surface area contributed by atoms with Gasteiger partial charge in [-0.1, -0.05) is 69.2 Å². The summed E-state index contributed by atoms with van der Waals surface area (Å²) in [5, 5.41) is 0. The normalized spacial score (nSPS) is 26.3. The van der Waals surface area contributed by atoms with Crippen molar-refractivity contribution in [2.75, 3.05) is 0 Å². The van der Waals surface area contributed by atoms with Crippen molar-refractivity contribution in [2.45, 2.75) is 77.6 Å². The molecule has 0 aromatic heterocycles. The predicted octanol–water partition coefficient (Wildman–Crippen LogP) is 7.75. The summed E-state index contributed by atoms with van der Waals surface area (Å²) in [6.45, 7) is 4.60. The third-order valence-electron chi connectivity index (χ3n) is 7.52. The van der Waals surface area contributed by atoms with Gasteiger partial charge in [-0.2, -0.15) is 0 Å². The average molecular weight is 385 g/mol. The number of rotatable bonds is 4. The Kier molecular flexibility index (Phi) is 6.76. The van der Waals surface area contributed by atoms with Crippen LogP contribution in [0.5, 0.6) is 0 Å². The maximum atomic E-state index is 3.35. The van der Waals surface area contributed by atoms with Crippen molar-refractivity contribution in [1.82, 2.24) is 0 Å². The molecule has 2 aliphatic carbocycles. The molecule has 0 saturated heterocycles. The molecule has 2 saturated carbocycles. The average Bonchev–Trinajstić information content (AvgIpc) is 2.78. The first-order valence-electron chi connectivity index (χ1n) is 12.0. The molecular weight excluding hydrogens is 348 g/mol. The lowest BCUT2D eigenvalue weighted by Crippen LogP contribution is -2.30. The van der Waals surface area contributed by atoms with E-state index in [1.54, 1.807) is 0 Å². The first-order valence-corrected chi connectivity index (χ1v) is 12.0. The van der Waals surface area contributed by atoms with Gasteiger partial charge in [-0.05, 0) is 97.6 Å². The Hall–Kier alpha value is -2.00. The molecule has 4 atom stereocenters. The van der Waals surface area contributed by atoms with Crippen molar-refractivity contribution < 1.29 is 0 Å². The van der Waals surface area contributed by atoms with Crippen LogP contribution in [0.2, 0.25) is 0 Å². The van der Waals surface area contributed by atoms with Gasteiger partial charge in [-0.15, -0.1) is 0 Å². The molecule has 0 aliphatic heterocycles. The van der Waals surface area contributed by atoms with Crippen molar-refractivity contribution in [2.24, 2.45) is 17.8 Å². The lowest BCUT2D eigenvalue weighted by molar-refractivity contribution is 0.116. The monoisotopic (exact) mass is 384 g/mol. The highest BCUT2D eigenvalue weighted by Gasteiger charge is 2.35. The molecule has 0 heterocycles. The summed E-state index contributed by atoms with van der Waals surface area (Å²) in [5.74, 6) is 10.4. The lowest BCUT2D eigenvalue weighted by Gasteiger charge is -2.42. The van der Waals surface area contributed by atoms with E-state index >= 15 is 0 Å². The molecule has 2 aromatic carbocycles. The smallest absolute Gasteiger partial charge is 0.0249 e. The Morgan fingerprint density at radius 3 is 2.00 bits per heavy atom. The summed E-state index contributed by atoms with van der Waals surface area (Å²) < 4.78 is 0. The van der Waals surface area contributed by atoms with Crippen LogP contribution in [0.4, 0.5) is 0 Å². The summed E-state index contributed by atoms with van der Waals surface area (Å²) in [4.78, 5) is 0.